The monoisotopic (exact) mass is 419 g/mol. The fourth-order valence-corrected chi connectivity index (χ4v) is 3.41. The molecule has 0 unspecified atom stereocenters. The largest absolute Gasteiger partial charge is 0.438 e. The minimum Gasteiger partial charge on any atom is -0.438 e. The van der Waals surface area contributed by atoms with Crippen molar-refractivity contribution in [3.63, 3.8) is 0 Å². The van der Waals surface area contributed by atoms with E-state index in [1.165, 1.54) is 6.07 Å². The number of anilines is 1. The van der Waals surface area contributed by atoms with Gasteiger partial charge in [0.05, 0.1) is 4.92 Å². The van der Waals surface area contributed by atoms with E-state index in [-0.39, 0.29) is 11.6 Å². The average Bonchev–Trinajstić information content (AvgIpc) is 2.80. The van der Waals surface area contributed by atoms with Gasteiger partial charge in [0.2, 0.25) is 5.88 Å². The Bertz CT molecular complexity index is 1080. The van der Waals surface area contributed by atoms with Crippen molar-refractivity contribution in [3.05, 3.63) is 81.9 Å². The smallest absolute Gasteiger partial charge is 0.273 e. The fourth-order valence-electron chi connectivity index (χ4n) is 3.41. The lowest BCUT2D eigenvalue weighted by molar-refractivity contribution is -0.385. The highest BCUT2D eigenvalue weighted by Gasteiger charge is 2.24. The molecule has 1 saturated heterocycles. The summed E-state index contributed by atoms with van der Waals surface area (Å²) in [5.41, 5.74) is 0.815. The first-order chi connectivity index (χ1) is 15.0. The number of rotatable bonds is 5. The third-order valence-electron chi connectivity index (χ3n) is 5.14. The molecule has 0 saturated carbocycles. The number of nitro benzene ring substituents is 1. The number of carbonyl (C=O) groups is 1. The normalized spacial score (nSPS) is 13.7. The molecule has 31 heavy (non-hydrogen) atoms. The van der Waals surface area contributed by atoms with Gasteiger partial charge in [-0.2, -0.15) is 0 Å². The Morgan fingerprint density at radius 2 is 1.74 bits per heavy atom. The van der Waals surface area contributed by atoms with Gasteiger partial charge in [-0.25, -0.2) is 0 Å². The summed E-state index contributed by atoms with van der Waals surface area (Å²) in [4.78, 5) is 27.2. The molecule has 158 valence electrons. The maximum absolute atomic E-state index is 12.8. The third-order valence-corrected chi connectivity index (χ3v) is 5.14. The number of hydrogen-bond donors (Lipinski definition) is 0. The highest BCUT2D eigenvalue weighted by molar-refractivity contribution is 5.95. The van der Waals surface area contributed by atoms with Crippen molar-refractivity contribution in [2.75, 3.05) is 31.1 Å². The topological polar surface area (TPSA) is 102 Å². The van der Waals surface area contributed by atoms with Gasteiger partial charge in [0, 0.05) is 49.4 Å². The summed E-state index contributed by atoms with van der Waals surface area (Å²) in [6.07, 6.45) is 0. The molecule has 1 aromatic heterocycles. The van der Waals surface area contributed by atoms with Gasteiger partial charge in [-0.15, -0.1) is 10.2 Å². The van der Waals surface area contributed by atoms with Crippen molar-refractivity contribution >= 4 is 17.4 Å². The molecule has 9 heteroatoms. The lowest BCUT2D eigenvalue weighted by Crippen LogP contribution is -2.49. The van der Waals surface area contributed by atoms with E-state index in [0.29, 0.717) is 54.8 Å². The van der Waals surface area contributed by atoms with Crippen LogP contribution >= 0.6 is 0 Å². The van der Waals surface area contributed by atoms with Crippen LogP contribution in [0.25, 0.3) is 0 Å². The summed E-state index contributed by atoms with van der Waals surface area (Å²) in [5, 5.41) is 19.5. The van der Waals surface area contributed by atoms with Crippen LogP contribution in [0.5, 0.6) is 11.6 Å². The number of amides is 1. The fraction of sp³-hybridized carbons (Fsp3) is 0.227. The molecular weight excluding hydrogens is 398 g/mol. The Hall–Kier alpha value is -4.01. The molecular formula is C22H21N5O4. The molecule has 2 heterocycles. The quantitative estimate of drug-likeness (QED) is 0.461. The number of hydrogen-bond acceptors (Lipinski definition) is 7. The van der Waals surface area contributed by atoms with Crippen LogP contribution in [0, 0.1) is 17.0 Å². The van der Waals surface area contributed by atoms with E-state index in [4.69, 9.17) is 4.74 Å². The number of nitrogens with zero attached hydrogens (tertiary/aromatic N) is 5. The number of benzene rings is 2. The van der Waals surface area contributed by atoms with Gasteiger partial charge in [0.25, 0.3) is 11.6 Å². The minimum absolute atomic E-state index is 0.0439. The Labute approximate surface area is 179 Å². The molecule has 0 N–H and O–H groups in total. The van der Waals surface area contributed by atoms with E-state index in [0.717, 1.165) is 0 Å². The maximum Gasteiger partial charge on any atom is 0.273 e. The predicted octanol–water partition coefficient (Wildman–Crippen LogP) is 3.45. The summed E-state index contributed by atoms with van der Waals surface area (Å²) < 4.78 is 5.66. The lowest BCUT2D eigenvalue weighted by Gasteiger charge is -2.35. The Morgan fingerprint density at radius 1 is 1.00 bits per heavy atom. The van der Waals surface area contributed by atoms with E-state index < -0.39 is 4.92 Å². The second-order valence-corrected chi connectivity index (χ2v) is 7.18. The zero-order valence-corrected chi connectivity index (χ0v) is 17.0. The predicted molar refractivity (Wildman–Crippen MR) is 114 cm³/mol. The van der Waals surface area contributed by atoms with Crippen molar-refractivity contribution in [1.29, 1.82) is 0 Å². The average molecular weight is 419 g/mol. The van der Waals surface area contributed by atoms with Gasteiger partial charge < -0.3 is 14.5 Å². The third kappa shape index (κ3) is 4.61. The van der Waals surface area contributed by atoms with Gasteiger partial charge >= 0.3 is 0 Å². The van der Waals surface area contributed by atoms with Gasteiger partial charge in [-0.3, -0.25) is 14.9 Å². The molecule has 3 aromatic rings. The van der Waals surface area contributed by atoms with Crippen LogP contribution in [-0.4, -0.2) is 52.1 Å². The van der Waals surface area contributed by atoms with E-state index in [1.807, 2.05) is 41.3 Å². The second-order valence-electron chi connectivity index (χ2n) is 7.18. The van der Waals surface area contributed by atoms with Gasteiger partial charge in [-0.1, -0.05) is 24.3 Å². The van der Waals surface area contributed by atoms with Crippen LogP contribution in [0.4, 0.5) is 11.5 Å². The van der Waals surface area contributed by atoms with Gasteiger partial charge in [-0.05, 0) is 31.2 Å². The van der Waals surface area contributed by atoms with Crippen LogP contribution in [0.2, 0.25) is 0 Å². The standard InChI is InChI=1S/C22H21N5O4/c1-16-7-8-17(15-19(16)27(29)30)22(28)26-13-11-25(12-14-26)20-9-10-21(24-23-20)31-18-5-3-2-4-6-18/h2-10,15H,11-14H2,1H3. The number of para-hydroxylation sites is 1. The number of carbonyl (C=O) groups excluding carboxylic acids is 1. The van der Waals surface area contributed by atoms with Crippen molar-refractivity contribution in [2.45, 2.75) is 6.92 Å². The number of nitro groups is 1. The first-order valence-electron chi connectivity index (χ1n) is 9.87. The maximum atomic E-state index is 12.8. The lowest BCUT2D eigenvalue weighted by atomic mass is 10.1. The number of piperazine rings is 1. The highest BCUT2D eigenvalue weighted by Crippen LogP contribution is 2.23. The van der Waals surface area contributed by atoms with Crippen molar-refractivity contribution in [2.24, 2.45) is 0 Å². The van der Waals surface area contributed by atoms with E-state index in [2.05, 4.69) is 10.2 Å². The van der Waals surface area contributed by atoms with Crippen molar-refractivity contribution in [1.82, 2.24) is 15.1 Å². The number of aryl methyl sites for hydroxylation is 1. The van der Waals surface area contributed by atoms with Gasteiger partial charge in [0.15, 0.2) is 5.82 Å². The van der Waals surface area contributed by atoms with Crippen LogP contribution in [0.15, 0.2) is 60.7 Å². The van der Waals surface area contributed by atoms with E-state index in [1.54, 1.807) is 30.0 Å². The van der Waals surface area contributed by atoms with Crippen molar-refractivity contribution < 1.29 is 14.5 Å². The molecule has 2 aromatic carbocycles. The molecule has 4 rings (SSSR count). The highest BCUT2D eigenvalue weighted by atomic mass is 16.6. The number of ether oxygens (including phenoxy) is 1. The zero-order valence-electron chi connectivity index (χ0n) is 17.0. The summed E-state index contributed by atoms with van der Waals surface area (Å²) >= 11 is 0. The summed E-state index contributed by atoms with van der Waals surface area (Å²) in [5.74, 6) is 1.59. The molecule has 0 atom stereocenters. The van der Waals surface area contributed by atoms with E-state index in [9.17, 15) is 14.9 Å². The summed E-state index contributed by atoms with van der Waals surface area (Å²) in [7, 11) is 0. The zero-order chi connectivity index (χ0) is 21.8. The molecule has 1 fully saturated rings. The van der Waals surface area contributed by atoms with Crippen molar-refractivity contribution in [3.8, 4) is 11.6 Å². The minimum atomic E-state index is -0.464. The molecule has 9 nitrogen and oxygen atoms in total. The van der Waals surface area contributed by atoms with Crippen LogP contribution in [0.3, 0.4) is 0 Å². The molecule has 1 amide bonds. The van der Waals surface area contributed by atoms with Gasteiger partial charge in [0.1, 0.15) is 5.75 Å². The number of aromatic nitrogens is 2. The Morgan fingerprint density at radius 3 is 2.39 bits per heavy atom. The summed E-state index contributed by atoms with van der Waals surface area (Å²) in [6, 6.07) is 17.5. The van der Waals surface area contributed by atoms with E-state index >= 15 is 0 Å². The molecule has 0 aliphatic carbocycles. The molecule has 0 radical (unpaired) electrons. The van der Waals surface area contributed by atoms with Crippen LogP contribution < -0.4 is 9.64 Å². The molecule has 0 bridgehead atoms. The first kappa shape index (κ1) is 20.3. The first-order valence-corrected chi connectivity index (χ1v) is 9.87. The molecule has 1 aliphatic heterocycles. The summed E-state index contributed by atoms with van der Waals surface area (Å²) in [6.45, 7) is 3.82. The Balaban J connectivity index is 1.37. The molecule has 1 aliphatic rings. The van der Waals surface area contributed by atoms with Crippen LogP contribution in [0.1, 0.15) is 15.9 Å². The molecule has 0 spiro atoms. The SMILES string of the molecule is Cc1ccc(C(=O)N2CCN(c3ccc(Oc4ccccc4)nn3)CC2)cc1[N+](=O)[O-]. The Kier molecular flexibility index (Phi) is 5.74. The second kappa shape index (κ2) is 8.78. The van der Waals surface area contributed by atoms with Crippen LogP contribution in [-0.2, 0) is 0 Å².